The van der Waals surface area contributed by atoms with Crippen LogP contribution in [0.3, 0.4) is 0 Å². The van der Waals surface area contributed by atoms with E-state index in [1.807, 2.05) is 97.1 Å². The lowest BCUT2D eigenvalue weighted by Gasteiger charge is -2.27. The molecule has 0 spiro atoms. The Labute approximate surface area is 407 Å². The summed E-state index contributed by atoms with van der Waals surface area (Å²) in [7, 11) is 4.44. The molecule has 2 atom stereocenters. The molecule has 4 aromatic carbocycles. The highest BCUT2D eigenvalue weighted by atomic mass is 28.4. The molecule has 68 heavy (non-hydrogen) atoms. The number of benzene rings is 4. The monoisotopic (exact) mass is 983 g/mol. The molecule has 17 heteroatoms. The van der Waals surface area contributed by atoms with E-state index in [9.17, 15) is 15.3 Å². The van der Waals surface area contributed by atoms with Gasteiger partial charge in [0, 0.05) is 78.7 Å². The van der Waals surface area contributed by atoms with Crippen molar-refractivity contribution in [2.24, 2.45) is 0 Å². The molecule has 0 aromatic heterocycles. The van der Waals surface area contributed by atoms with E-state index < -0.39 is 35.9 Å². The molecule has 378 valence electrons. The van der Waals surface area contributed by atoms with Crippen molar-refractivity contribution in [3.63, 3.8) is 0 Å². The molecule has 0 bridgehead atoms. The van der Waals surface area contributed by atoms with Crippen LogP contribution in [-0.2, 0) is 37.4 Å². The van der Waals surface area contributed by atoms with Crippen molar-refractivity contribution < 1.29 is 60.8 Å². The smallest absolute Gasteiger partial charge is 0.491 e. The molecule has 0 aliphatic rings. The molecule has 0 aliphatic heterocycles. The minimum absolute atomic E-state index is 0.0798. The molecule has 0 amide bonds. The fraction of sp³-hybridized carbons (Fsp3) is 0.529. The number of hydrogen-bond donors (Lipinski definition) is 5. The molecule has 0 heterocycles. The largest absolute Gasteiger partial charge is 0.500 e. The van der Waals surface area contributed by atoms with Gasteiger partial charge in [-0.05, 0) is 96.7 Å². The van der Waals surface area contributed by atoms with E-state index in [0.29, 0.717) is 61.3 Å². The predicted molar refractivity (Wildman–Crippen MR) is 268 cm³/mol. The number of nitrogens with one attached hydrogen (secondary N) is 2. The summed E-state index contributed by atoms with van der Waals surface area (Å²) in [6.45, 7) is 11.4. The van der Waals surface area contributed by atoms with Crippen molar-refractivity contribution >= 4 is 17.6 Å². The quantitative estimate of drug-likeness (QED) is 0.0258. The van der Waals surface area contributed by atoms with Gasteiger partial charge in [0.25, 0.3) is 0 Å². The van der Waals surface area contributed by atoms with E-state index in [1.165, 1.54) is 0 Å². The zero-order valence-electron chi connectivity index (χ0n) is 41.9. The van der Waals surface area contributed by atoms with Gasteiger partial charge >= 0.3 is 17.6 Å². The van der Waals surface area contributed by atoms with Crippen molar-refractivity contribution in [3.8, 4) is 23.0 Å². The van der Waals surface area contributed by atoms with Gasteiger partial charge in [-0.1, -0.05) is 76.2 Å². The van der Waals surface area contributed by atoms with Crippen molar-refractivity contribution in [3.05, 3.63) is 119 Å². The fourth-order valence-corrected chi connectivity index (χ4v) is 11.1. The summed E-state index contributed by atoms with van der Waals surface area (Å²) in [5.74, 6) is 2.68. The number of ether oxygens (including phenoxy) is 4. The van der Waals surface area contributed by atoms with Crippen molar-refractivity contribution in [2.75, 3.05) is 95.3 Å². The van der Waals surface area contributed by atoms with E-state index in [2.05, 4.69) is 38.3 Å². The Kier molecular flexibility index (Phi) is 23.4. The van der Waals surface area contributed by atoms with Gasteiger partial charge in [0.1, 0.15) is 67.7 Å². The zero-order valence-corrected chi connectivity index (χ0v) is 43.9. The Bertz CT molecular complexity index is 1820. The molecule has 0 aliphatic carbocycles. The molecule has 4 rings (SSSR count). The molecule has 2 unspecified atom stereocenters. The van der Waals surface area contributed by atoms with Crippen LogP contribution in [0.25, 0.3) is 0 Å². The first-order valence-electron chi connectivity index (χ1n) is 23.3. The zero-order chi connectivity index (χ0) is 49.6. The van der Waals surface area contributed by atoms with Crippen LogP contribution in [0.5, 0.6) is 23.0 Å². The highest BCUT2D eigenvalue weighted by Gasteiger charge is 2.37. The highest BCUT2D eigenvalue weighted by molar-refractivity contribution is 6.60. The Hall–Kier alpha value is -3.93. The summed E-state index contributed by atoms with van der Waals surface area (Å²) in [5, 5.41) is 38.1. The van der Waals surface area contributed by atoms with Gasteiger partial charge in [0.05, 0.1) is 0 Å². The summed E-state index contributed by atoms with van der Waals surface area (Å²) in [4.78, 5) is 0. The van der Waals surface area contributed by atoms with E-state index in [0.717, 1.165) is 35.1 Å². The number of aliphatic hydroxyl groups is 3. The second-order valence-electron chi connectivity index (χ2n) is 17.8. The van der Waals surface area contributed by atoms with Gasteiger partial charge in [0.2, 0.25) is 0 Å². The maximum absolute atomic E-state index is 10.7. The molecule has 0 saturated carbocycles. The molecular formula is C51H78N2O13Si2. The Morgan fingerprint density at radius 1 is 0.397 bits per heavy atom. The summed E-state index contributed by atoms with van der Waals surface area (Å²) in [5.41, 5.74) is 3.84. The van der Waals surface area contributed by atoms with Crippen LogP contribution < -0.4 is 29.6 Å². The second-order valence-corrected chi connectivity index (χ2v) is 23.9. The average molecular weight is 983 g/mol. The Morgan fingerprint density at radius 3 is 0.868 bits per heavy atom. The topological polar surface area (TPSA) is 177 Å². The predicted octanol–water partition coefficient (Wildman–Crippen LogP) is 6.35. The van der Waals surface area contributed by atoms with Gasteiger partial charge in [0.15, 0.2) is 0 Å². The third kappa shape index (κ3) is 17.2. The van der Waals surface area contributed by atoms with Gasteiger partial charge < -0.3 is 71.5 Å². The first-order chi connectivity index (χ1) is 32.6. The molecular weight excluding hydrogens is 905 g/mol. The summed E-state index contributed by atoms with van der Waals surface area (Å²) < 4.78 is 56.3. The average Bonchev–Trinajstić information content (AvgIpc) is 3.36. The maximum Gasteiger partial charge on any atom is 0.500 e. The molecule has 5 N–H and O–H groups in total. The SMILES string of the molecule is CO[Si](CCCNCC(O)COc1ccc(C(C)(C)c2ccc(OCC(O)COc3ccc(C(C)(C)c4ccc(OCC(O)CNCCC[Si](OC)(OC)OC)cc4)cc3)cc2)cc1)(OC)OC. The van der Waals surface area contributed by atoms with Crippen molar-refractivity contribution in [1.82, 2.24) is 10.6 Å². The van der Waals surface area contributed by atoms with Crippen LogP contribution in [0.4, 0.5) is 0 Å². The van der Waals surface area contributed by atoms with E-state index in [1.54, 1.807) is 42.7 Å². The summed E-state index contributed by atoms with van der Waals surface area (Å²) in [6.07, 6.45) is -0.548. The maximum atomic E-state index is 10.7. The second kappa shape index (κ2) is 28.1. The van der Waals surface area contributed by atoms with Crippen LogP contribution in [0.1, 0.15) is 62.8 Å². The first kappa shape index (κ1) is 56.7. The van der Waals surface area contributed by atoms with Gasteiger partial charge in [-0.25, -0.2) is 0 Å². The molecule has 0 radical (unpaired) electrons. The van der Waals surface area contributed by atoms with E-state index >= 15 is 0 Å². The standard InChI is InChI=1S/C51H78N2O13Si2/c1-50(2,39-13-21-46(22-14-39)63-35-43(54)33-52-29-11-31-67(57-5,58-6)59-7)41-17-25-48(26-18-41)65-37-45(56)38-66-49-27-19-42(20-28-49)51(3,4)40-15-23-47(24-16-40)64-36-44(55)34-53-30-12-32-68(60-8,61-9)62-10/h13-28,43-45,52-56H,11-12,29-38H2,1-10H3. The van der Waals surface area contributed by atoms with Crippen molar-refractivity contribution in [2.45, 2.75) is 81.8 Å². The molecule has 4 aromatic rings. The van der Waals surface area contributed by atoms with E-state index in [4.69, 9.17) is 45.5 Å². The Morgan fingerprint density at radius 2 is 0.632 bits per heavy atom. The lowest BCUT2D eigenvalue weighted by atomic mass is 9.78. The Balaban J connectivity index is 1.14. The fourth-order valence-electron chi connectivity index (χ4n) is 7.65. The third-order valence-corrected chi connectivity index (χ3v) is 18.0. The van der Waals surface area contributed by atoms with Crippen molar-refractivity contribution in [1.29, 1.82) is 0 Å². The van der Waals surface area contributed by atoms with Crippen LogP contribution in [-0.4, -0.2) is 147 Å². The minimum Gasteiger partial charge on any atom is -0.491 e. The first-order valence-corrected chi connectivity index (χ1v) is 27.1. The molecule has 0 saturated heterocycles. The van der Waals surface area contributed by atoms with Crippen LogP contribution >= 0.6 is 0 Å². The number of hydrogen-bond acceptors (Lipinski definition) is 15. The normalized spacial score (nSPS) is 13.8. The van der Waals surface area contributed by atoms with E-state index in [-0.39, 0.29) is 37.3 Å². The van der Waals surface area contributed by atoms with Crippen LogP contribution in [0.2, 0.25) is 12.1 Å². The molecule has 0 fully saturated rings. The third-order valence-electron chi connectivity index (χ3n) is 12.4. The summed E-state index contributed by atoms with van der Waals surface area (Å²) in [6, 6.07) is 33.1. The van der Waals surface area contributed by atoms with Gasteiger partial charge in [-0.15, -0.1) is 0 Å². The van der Waals surface area contributed by atoms with Gasteiger partial charge in [-0.3, -0.25) is 0 Å². The van der Waals surface area contributed by atoms with Crippen LogP contribution in [0, 0.1) is 0 Å². The number of rotatable bonds is 34. The highest BCUT2D eigenvalue weighted by Crippen LogP contribution is 2.35. The number of aliphatic hydroxyl groups excluding tert-OH is 3. The van der Waals surface area contributed by atoms with Gasteiger partial charge in [-0.2, -0.15) is 0 Å². The summed E-state index contributed by atoms with van der Waals surface area (Å²) >= 11 is 0. The minimum atomic E-state index is -2.59. The lowest BCUT2D eigenvalue weighted by Crippen LogP contribution is -2.43. The molecule has 15 nitrogen and oxygen atoms in total. The lowest BCUT2D eigenvalue weighted by molar-refractivity contribution is 0.0626. The van der Waals surface area contributed by atoms with Crippen LogP contribution in [0.15, 0.2) is 97.1 Å².